The second-order valence-electron chi connectivity index (χ2n) is 3.84. The molecule has 5 heteroatoms. The Bertz CT molecular complexity index is 361. The minimum atomic E-state index is -4.14. The maximum Gasteiger partial charge on any atom is 0.389 e. The van der Waals surface area contributed by atoms with Crippen molar-refractivity contribution in [1.29, 1.82) is 0 Å². The van der Waals surface area contributed by atoms with Gasteiger partial charge in [-0.05, 0) is 19.4 Å². The molecule has 0 saturated carbocycles. The molecule has 2 nitrogen and oxygen atoms in total. The maximum atomic E-state index is 11.9. The Morgan fingerprint density at radius 2 is 2.00 bits per heavy atom. The molecule has 0 fully saturated rings. The number of rotatable bonds is 5. The largest absolute Gasteiger partial charge is 0.493 e. The van der Waals surface area contributed by atoms with E-state index in [-0.39, 0.29) is 19.6 Å². The van der Waals surface area contributed by atoms with E-state index in [9.17, 15) is 13.2 Å². The Hall–Kier alpha value is -1.23. The molecule has 0 amide bonds. The summed E-state index contributed by atoms with van der Waals surface area (Å²) >= 11 is 0. The third-order valence-corrected chi connectivity index (χ3v) is 2.25. The van der Waals surface area contributed by atoms with Gasteiger partial charge in [0.2, 0.25) is 0 Å². The molecule has 0 radical (unpaired) electrons. The molecule has 0 bridgehead atoms. The second-order valence-corrected chi connectivity index (χ2v) is 3.84. The Morgan fingerprint density at radius 1 is 1.29 bits per heavy atom. The molecule has 17 heavy (non-hydrogen) atoms. The third kappa shape index (κ3) is 5.08. The fourth-order valence-corrected chi connectivity index (χ4v) is 1.43. The molecule has 0 aliphatic carbocycles. The van der Waals surface area contributed by atoms with Crippen LogP contribution in [0.4, 0.5) is 13.2 Å². The summed E-state index contributed by atoms with van der Waals surface area (Å²) in [4.78, 5) is 0. The average Bonchev–Trinajstić information content (AvgIpc) is 2.24. The van der Waals surface area contributed by atoms with Gasteiger partial charge >= 0.3 is 6.18 Å². The number of aliphatic hydroxyl groups excluding tert-OH is 1. The number of hydrogen-bond acceptors (Lipinski definition) is 2. The van der Waals surface area contributed by atoms with Crippen molar-refractivity contribution >= 4 is 0 Å². The van der Waals surface area contributed by atoms with Gasteiger partial charge < -0.3 is 9.84 Å². The van der Waals surface area contributed by atoms with Gasteiger partial charge in [-0.15, -0.1) is 0 Å². The highest BCUT2D eigenvalue weighted by Gasteiger charge is 2.26. The van der Waals surface area contributed by atoms with Crippen molar-refractivity contribution in [2.45, 2.75) is 32.5 Å². The summed E-state index contributed by atoms with van der Waals surface area (Å²) in [7, 11) is 0. The first-order valence-corrected chi connectivity index (χ1v) is 5.32. The number of aryl methyl sites for hydroxylation is 1. The van der Waals surface area contributed by atoms with Gasteiger partial charge in [0.1, 0.15) is 5.75 Å². The minimum Gasteiger partial charge on any atom is -0.493 e. The van der Waals surface area contributed by atoms with Crippen molar-refractivity contribution < 1.29 is 23.0 Å². The molecule has 1 aromatic rings. The number of alkyl halides is 3. The molecular weight excluding hydrogens is 233 g/mol. The lowest BCUT2D eigenvalue weighted by molar-refractivity contribution is -0.136. The highest BCUT2D eigenvalue weighted by molar-refractivity contribution is 5.36. The van der Waals surface area contributed by atoms with Gasteiger partial charge in [0.25, 0.3) is 0 Å². The van der Waals surface area contributed by atoms with Crippen LogP contribution in [0.5, 0.6) is 5.75 Å². The lowest BCUT2D eigenvalue weighted by Crippen LogP contribution is -2.10. The van der Waals surface area contributed by atoms with Gasteiger partial charge in [-0.25, -0.2) is 0 Å². The summed E-state index contributed by atoms with van der Waals surface area (Å²) in [5.41, 5.74) is 1.56. The number of ether oxygens (including phenoxy) is 1. The van der Waals surface area contributed by atoms with Crippen molar-refractivity contribution in [2.75, 3.05) is 6.61 Å². The normalized spacial score (nSPS) is 11.6. The zero-order valence-corrected chi connectivity index (χ0v) is 9.55. The SMILES string of the molecule is Cc1ccc(OCCCC(F)(F)F)c(CO)c1. The number of hydrogen-bond donors (Lipinski definition) is 1. The van der Waals surface area contributed by atoms with Crippen LogP contribution in [0.15, 0.2) is 18.2 Å². The van der Waals surface area contributed by atoms with Crippen molar-refractivity contribution in [1.82, 2.24) is 0 Å². The molecule has 1 rings (SSSR count). The average molecular weight is 248 g/mol. The van der Waals surface area contributed by atoms with Crippen molar-refractivity contribution in [2.24, 2.45) is 0 Å². The van der Waals surface area contributed by atoms with Crippen LogP contribution in [0.2, 0.25) is 0 Å². The van der Waals surface area contributed by atoms with Gasteiger partial charge in [-0.3, -0.25) is 0 Å². The fraction of sp³-hybridized carbons (Fsp3) is 0.500. The van der Waals surface area contributed by atoms with Crippen LogP contribution >= 0.6 is 0 Å². The van der Waals surface area contributed by atoms with E-state index in [1.165, 1.54) is 0 Å². The zero-order valence-electron chi connectivity index (χ0n) is 9.55. The molecule has 1 aromatic carbocycles. The van der Waals surface area contributed by atoms with Crippen molar-refractivity contribution in [3.8, 4) is 5.75 Å². The monoisotopic (exact) mass is 248 g/mol. The van der Waals surface area contributed by atoms with E-state index >= 15 is 0 Å². The van der Waals surface area contributed by atoms with E-state index in [4.69, 9.17) is 9.84 Å². The molecule has 0 saturated heterocycles. The molecule has 96 valence electrons. The molecule has 0 heterocycles. The van der Waals surface area contributed by atoms with Crippen LogP contribution in [0.1, 0.15) is 24.0 Å². The Kier molecular flexibility index (Phi) is 4.81. The Morgan fingerprint density at radius 3 is 2.59 bits per heavy atom. The number of aliphatic hydroxyl groups is 1. The molecule has 0 spiro atoms. The maximum absolute atomic E-state index is 11.9. The summed E-state index contributed by atoms with van der Waals surface area (Å²) in [6, 6.07) is 5.20. The van der Waals surface area contributed by atoms with Crippen LogP contribution in [-0.2, 0) is 6.61 Å². The third-order valence-electron chi connectivity index (χ3n) is 2.25. The summed E-state index contributed by atoms with van der Waals surface area (Å²) in [6.45, 7) is 1.68. The molecule has 0 unspecified atom stereocenters. The molecule has 0 aliphatic heterocycles. The van der Waals surface area contributed by atoms with E-state index in [2.05, 4.69) is 0 Å². The van der Waals surface area contributed by atoms with Gasteiger partial charge in [0, 0.05) is 12.0 Å². The minimum absolute atomic E-state index is 0.00439. The molecule has 1 N–H and O–H groups in total. The molecule has 0 aromatic heterocycles. The van der Waals surface area contributed by atoms with Crippen LogP contribution in [0.25, 0.3) is 0 Å². The summed E-state index contributed by atoms with van der Waals surface area (Å²) in [5, 5.41) is 9.07. The van der Waals surface area contributed by atoms with Crippen molar-refractivity contribution in [3.05, 3.63) is 29.3 Å². The fourth-order valence-electron chi connectivity index (χ4n) is 1.43. The quantitative estimate of drug-likeness (QED) is 0.811. The predicted octanol–water partition coefficient (Wildman–Crippen LogP) is 3.21. The van der Waals surface area contributed by atoms with Crippen LogP contribution < -0.4 is 4.74 Å². The van der Waals surface area contributed by atoms with Gasteiger partial charge in [-0.2, -0.15) is 13.2 Å². The topological polar surface area (TPSA) is 29.5 Å². The smallest absolute Gasteiger partial charge is 0.389 e. The Labute approximate surface area is 98.0 Å². The first-order valence-electron chi connectivity index (χ1n) is 5.32. The summed E-state index contributed by atoms with van der Waals surface area (Å²) in [6.07, 6.45) is -5.08. The number of benzene rings is 1. The molecular formula is C12H15F3O2. The van der Waals surface area contributed by atoms with E-state index in [1.54, 1.807) is 18.2 Å². The van der Waals surface area contributed by atoms with Gasteiger partial charge in [-0.1, -0.05) is 17.7 Å². The zero-order chi connectivity index (χ0) is 12.9. The molecule has 0 atom stereocenters. The lowest BCUT2D eigenvalue weighted by atomic mass is 10.1. The van der Waals surface area contributed by atoms with E-state index in [1.807, 2.05) is 6.92 Å². The highest BCUT2D eigenvalue weighted by atomic mass is 19.4. The summed E-state index contributed by atoms with van der Waals surface area (Å²) < 4.78 is 40.9. The highest BCUT2D eigenvalue weighted by Crippen LogP contribution is 2.23. The van der Waals surface area contributed by atoms with Crippen molar-refractivity contribution in [3.63, 3.8) is 0 Å². The van der Waals surface area contributed by atoms with E-state index < -0.39 is 12.6 Å². The van der Waals surface area contributed by atoms with Gasteiger partial charge in [0.05, 0.1) is 13.2 Å². The summed E-state index contributed by atoms with van der Waals surface area (Å²) in [5.74, 6) is 0.445. The van der Waals surface area contributed by atoms with Crippen LogP contribution in [0.3, 0.4) is 0 Å². The Balaban J connectivity index is 2.46. The predicted molar refractivity (Wildman–Crippen MR) is 57.9 cm³/mol. The van der Waals surface area contributed by atoms with E-state index in [0.717, 1.165) is 5.56 Å². The second kappa shape index (κ2) is 5.91. The van der Waals surface area contributed by atoms with E-state index in [0.29, 0.717) is 11.3 Å². The standard InChI is InChI=1S/C12H15F3O2/c1-9-3-4-11(10(7-9)8-16)17-6-2-5-12(13,14)15/h3-4,7,16H,2,5-6,8H2,1H3. The first-order chi connectivity index (χ1) is 7.92. The lowest BCUT2D eigenvalue weighted by Gasteiger charge is -2.11. The number of halogens is 3. The molecule has 0 aliphatic rings. The van der Waals surface area contributed by atoms with Crippen LogP contribution in [0, 0.1) is 6.92 Å². The van der Waals surface area contributed by atoms with Gasteiger partial charge in [0.15, 0.2) is 0 Å². The first kappa shape index (κ1) is 13.8. The van der Waals surface area contributed by atoms with Crippen LogP contribution in [-0.4, -0.2) is 17.9 Å².